The lowest BCUT2D eigenvalue weighted by Gasteiger charge is -2.15. The number of hydrogen-bond acceptors (Lipinski definition) is 5. The SMILES string of the molecule is CC(Oc1ccccc1[N+](=O)[O-])C(=O)Nc1cccc(OCCc2ccccc2)c1. The van der Waals surface area contributed by atoms with Crippen LogP contribution >= 0.6 is 0 Å². The minimum atomic E-state index is -0.922. The van der Waals surface area contributed by atoms with E-state index < -0.39 is 16.9 Å². The number of carbonyl (C=O) groups is 1. The third-order valence-corrected chi connectivity index (χ3v) is 4.34. The highest BCUT2D eigenvalue weighted by atomic mass is 16.6. The maximum atomic E-state index is 12.5. The number of ether oxygens (including phenoxy) is 2. The largest absolute Gasteiger partial charge is 0.493 e. The van der Waals surface area contributed by atoms with Crippen LogP contribution in [0.25, 0.3) is 0 Å². The summed E-state index contributed by atoms with van der Waals surface area (Å²) in [5, 5.41) is 13.8. The summed E-state index contributed by atoms with van der Waals surface area (Å²) in [5.74, 6) is 0.258. The first-order chi connectivity index (χ1) is 14.5. The Hall–Kier alpha value is -3.87. The van der Waals surface area contributed by atoms with Crippen molar-refractivity contribution >= 4 is 17.3 Å². The van der Waals surface area contributed by atoms with Crippen molar-refractivity contribution in [2.75, 3.05) is 11.9 Å². The molecule has 0 aromatic heterocycles. The second kappa shape index (κ2) is 10.1. The number of carbonyl (C=O) groups excluding carboxylic acids is 1. The highest BCUT2D eigenvalue weighted by Crippen LogP contribution is 2.27. The van der Waals surface area contributed by atoms with Gasteiger partial charge < -0.3 is 14.8 Å². The first kappa shape index (κ1) is 20.9. The van der Waals surface area contributed by atoms with Crippen LogP contribution in [0.15, 0.2) is 78.9 Å². The van der Waals surface area contributed by atoms with Crippen LogP contribution in [0.3, 0.4) is 0 Å². The molecule has 3 aromatic rings. The molecule has 30 heavy (non-hydrogen) atoms. The summed E-state index contributed by atoms with van der Waals surface area (Å²) in [5.41, 5.74) is 1.55. The standard InChI is InChI=1S/C23H22N2O5/c1-17(30-22-13-6-5-12-21(22)25(27)28)23(26)24-19-10-7-11-20(16-19)29-15-14-18-8-3-2-4-9-18/h2-13,16-17H,14-15H2,1H3,(H,24,26). The molecule has 1 unspecified atom stereocenters. The molecule has 3 rings (SSSR count). The van der Waals surface area contributed by atoms with E-state index in [9.17, 15) is 14.9 Å². The van der Waals surface area contributed by atoms with Gasteiger partial charge in [0.15, 0.2) is 11.9 Å². The summed E-state index contributed by atoms with van der Waals surface area (Å²) >= 11 is 0. The third-order valence-electron chi connectivity index (χ3n) is 4.34. The first-order valence-corrected chi connectivity index (χ1v) is 9.50. The van der Waals surface area contributed by atoms with E-state index in [4.69, 9.17) is 9.47 Å². The van der Waals surface area contributed by atoms with Gasteiger partial charge in [0.25, 0.3) is 5.91 Å². The number of benzene rings is 3. The number of amides is 1. The molecule has 0 saturated carbocycles. The second-order valence-electron chi connectivity index (χ2n) is 6.59. The van der Waals surface area contributed by atoms with Gasteiger partial charge in [0.2, 0.25) is 0 Å². The number of nitrogens with zero attached hydrogens (tertiary/aromatic N) is 1. The molecule has 1 atom stereocenters. The van der Waals surface area contributed by atoms with Crippen LogP contribution in [-0.2, 0) is 11.2 Å². The Morgan fingerprint density at radius 1 is 1.03 bits per heavy atom. The van der Waals surface area contributed by atoms with Crippen molar-refractivity contribution in [3.05, 3.63) is 94.5 Å². The monoisotopic (exact) mass is 406 g/mol. The lowest BCUT2D eigenvalue weighted by atomic mass is 10.2. The number of rotatable bonds is 9. The van der Waals surface area contributed by atoms with E-state index in [1.54, 1.807) is 30.3 Å². The predicted molar refractivity (Wildman–Crippen MR) is 114 cm³/mol. The zero-order valence-electron chi connectivity index (χ0n) is 16.5. The Morgan fingerprint density at radius 2 is 1.77 bits per heavy atom. The summed E-state index contributed by atoms with van der Waals surface area (Å²) in [4.78, 5) is 23.0. The van der Waals surface area contributed by atoms with Crippen LogP contribution in [-0.4, -0.2) is 23.5 Å². The molecule has 7 heteroatoms. The Morgan fingerprint density at radius 3 is 2.53 bits per heavy atom. The van der Waals surface area contributed by atoms with Crippen molar-refractivity contribution in [3.63, 3.8) is 0 Å². The van der Waals surface area contributed by atoms with E-state index in [0.717, 1.165) is 6.42 Å². The zero-order chi connectivity index (χ0) is 21.3. The van der Waals surface area contributed by atoms with Crippen molar-refractivity contribution in [1.29, 1.82) is 0 Å². The summed E-state index contributed by atoms with van der Waals surface area (Å²) < 4.78 is 11.3. The molecule has 0 fully saturated rings. The average molecular weight is 406 g/mol. The van der Waals surface area contributed by atoms with E-state index >= 15 is 0 Å². The molecule has 0 spiro atoms. The van der Waals surface area contributed by atoms with Crippen molar-refractivity contribution in [2.45, 2.75) is 19.4 Å². The maximum Gasteiger partial charge on any atom is 0.310 e. The Labute approximate surface area is 174 Å². The van der Waals surface area contributed by atoms with E-state index in [2.05, 4.69) is 5.32 Å². The molecule has 0 heterocycles. The Kier molecular flexibility index (Phi) is 7.00. The van der Waals surface area contributed by atoms with Crippen molar-refractivity contribution in [3.8, 4) is 11.5 Å². The molecule has 154 valence electrons. The van der Waals surface area contributed by atoms with Gasteiger partial charge in [-0.1, -0.05) is 48.5 Å². The fraction of sp³-hybridized carbons (Fsp3) is 0.174. The molecule has 1 N–H and O–H groups in total. The van der Waals surface area contributed by atoms with Gasteiger partial charge in [-0.2, -0.15) is 0 Å². The smallest absolute Gasteiger partial charge is 0.310 e. The molecular formula is C23H22N2O5. The molecule has 3 aromatic carbocycles. The van der Waals surface area contributed by atoms with E-state index in [0.29, 0.717) is 18.0 Å². The minimum absolute atomic E-state index is 0.0446. The number of hydrogen-bond donors (Lipinski definition) is 1. The highest BCUT2D eigenvalue weighted by molar-refractivity contribution is 5.94. The topological polar surface area (TPSA) is 90.7 Å². The van der Waals surface area contributed by atoms with Gasteiger partial charge in [-0.05, 0) is 30.7 Å². The van der Waals surface area contributed by atoms with Gasteiger partial charge >= 0.3 is 5.69 Å². The average Bonchev–Trinajstić information content (AvgIpc) is 2.75. The van der Waals surface area contributed by atoms with E-state index in [1.807, 2.05) is 36.4 Å². The number of nitro groups is 1. The number of nitro benzene ring substituents is 1. The van der Waals surface area contributed by atoms with Crippen LogP contribution in [0.2, 0.25) is 0 Å². The summed E-state index contributed by atoms with van der Waals surface area (Å²) in [6.45, 7) is 2.05. The molecule has 0 radical (unpaired) electrons. The van der Waals surface area contributed by atoms with E-state index in [1.165, 1.54) is 24.6 Å². The first-order valence-electron chi connectivity index (χ1n) is 9.50. The van der Waals surface area contributed by atoms with Gasteiger partial charge in [-0.25, -0.2) is 0 Å². The minimum Gasteiger partial charge on any atom is -0.493 e. The van der Waals surface area contributed by atoms with Crippen LogP contribution in [0.5, 0.6) is 11.5 Å². The fourth-order valence-corrected chi connectivity index (χ4v) is 2.79. The molecule has 1 amide bonds. The summed E-state index contributed by atoms with van der Waals surface area (Å²) in [7, 11) is 0. The van der Waals surface area contributed by atoms with Crippen LogP contribution in [0, 0.1) is 10.1 Å². The van der Waals surface area contributed by atoms with Crippen LogP contribution in [0.1, 0.15) is 12.5 Å². The third kappa shape index (κ3) is 5.81. The van der Waals surface area contributed by atoms with E-state index in [-0.39, 0.29) is 11.4 Å². The molecule has 7 nitrogen and oxygen atoms in total. The Bertz CT molecular complexity index is 1010. The summed E-state index contributed by atoms with van der Waals surface area (Å²) in [6.07, 6.45) is -0.147. The van der Waals surface area contributed by atoms with Crippen LogP contribution in [0.4, 0.5) is 11.4 Å². The molecular weight excluding hydrogens is 384 g/mol. The van der Waals surface area contributed by atoms with Gasteiger partial charge in [-0.3, -0.25) is 14.9 Å². The lowest BCUT2D eigenvalue weighted by molar-refractivity contribution is -0.386. The van der Waals surface area contributed by atoms with Gasteiger partial charge in [0, 0.05) is 24.2 Å². The second-order valence-corrected chi connectivity index (χ2v) is 6.59. The molecule has 0 saturated heterocycles. The van der Waals surface area contributed by atoms with Gasteiger partial charge in [-0.15, -0.1) is 0 Å². The van der Waals surface area contributed by atoms with Crippen molar-refractivity contribution in [1.82, 2.24) is 0 Å². The molecule has 0 aliphatic heterocycles. The number of para-hydroxylation sites is 2. The molecule has 0 bridgehead atoms. The number of nitrogens with one attached hydrogen (secondary N) is 1. The molecule has 0 aliphatic carbocycles. The fourth-order valence-electron chi connectivity index (χ4n) is 2.79. The quantitative estimate of drug-likeness (QED) is 0.413. The Balaban J connectivity index is 1.56. The van der Waals surface area contributed by atoms with Crippen LogP contribution < -0.4 is 14.8 Å². The lowest BCUT2D eigenvalue weighted by Crippen LogP contribution is -2.30. The predicted octanol–water partition coefficient (Wildman–Crippen LogP) is 4.62. The summed E-state index contributed by atoms with van der Waals surface area (Å²) in [6, 6.07) is 23.0. The normalized spacial score (nSPS) is 11.4. The van der Waals surface area contributed by atoms with Crippen molar-refractivity contribution < 1.29 is 19.2 Å². The highest BCUT2D eigenvalue weighted by Gasteiger charge is 2.20. The maximum absolute atomic E-state index is 12.5. The molecule has 0 aliphatic rings. The van der Waals surface area contributed by atoms with Crippen molar-refractivity contribution in [2.24, 2.45) is 0 Å². The number of anilines is 1. The van der Waals surface area contributed by atoms with Gasteiger partial charge in [0.1, 0.15) is 5.75 Å². The zero-order valence-corrected chi connectivity index (χ0v) is 16.5. The van der Waals surface area contributed by atoms with Gasteiger partial charge in [0.05, 0.1) is 11.5 Å².